The molecule has 6 nitrogen and oxygen atoms in total. The molecule has 0 bridgehead atoms. The molecule has 134 valence electrons. The van der Waals surface area contributed by atoms with Crippen LogP contribution in [0.4, 0.5) is 0 Å². The largest absolute Gasteiger partial charge is 0.302 e. The first-order valence-electron chi connectivity index (χ1n) is 8.15. The number of fused-ring (bicyclic) bond motifs is 1. The second-order valence-electron chi connectivity index (χ2n) is 5.81. The lowest BCUT2D eigenvalue weighted by atomic mass is 10.1. The SMILES string of the molecule is CCn1c(SCc2cc(=O)n3ccsc3n2)nnc1-c1csc(C)c1C. The Labute approximate surface area is 162 Å². The van der Waals surface area contributed by atoms with Crippen molar-refractivity contribution in [1.82, 2.24) is 24.1 Å². The molecule has 0 aliphatic heterocycles. The fraction of sp³-hybridized carbons (Fsp3) is 0.294. The van der Waals surface area contributed by atoms with Crippen LogP contribution in [0.1, 0.15) is 23.1 Å². The number of aromatic nitrogens is 5. The molecule has 0 amide bonds. The molecule has 0 aliphatic rings. The zero-order valence-corrected chi connectivity index (χ0v) is 17.0. The summed E-state index contributed by atoms with van der Waals surface area (Å²) in [6.45, 7) is 7.12. The standard InChI is InChI=1S/C17H17N5OS3/c1-4-21-15(13-9-25-11(3)10(13)2)19-20-17(21)26-8-12-7-14(23)22-5-6-24-16(22)18-12/h5-7,9H,4,8H2,1-3H3. The molecule has 0 aliphatic carbocycles. The maximum atomic E-state index is 12.1. The minimum atomic E-state index is -0.0473. The van der Waals surface area contributed by atoms with Gasteiger partial charge in [-0.15, -0.1) is 32.9 Å². The highest BCUT2D eigenvalue weighted by Crippen LogP contribution is 2.32. The second kappa shape index (κ2) is 6.98. The van der Waals surface area contributed by atoms with Crippen molar-refractivity contribution in [2.45, 2.75) is 38.2 Å². The van der Waals surface area contributed by atoms with Crippen LogP contribution in [0.3, 0.4) is 0 Å². The van der Waals surface area contributed by atoms with Gasteiger partial charge in [-0.3, -0.25) is 9.20 Å². The van der Waals surface area contributed by atoms with Crippen LogP contribution in [-0.2, 0) is 12.3 Å². The van der Waals surface area contributed by atoms with E-state index in [1.165, 1.54) is 21.8 Å². The summed E-state index contributed by atoms with van der Waals surface area (Å²) in [6, 6.07) is 1.59. The summed E-state index contributed by atoms with van der Waals surface area (Å²) in [5.74, 6) is 1.49. The van der Waals surface area contributed by atoms with E-state index in [-0.39, 0.29) is 5.56 Å². The highest BCUT2D eigenvalue weighted by atomic mass is 32.2. The van der Waals surface area contributed by atoms with E-state index in [0.717, 1.165) is 33.7 Å². The van der Waals surface area contributed by atoms with Crippen LogP contribution in [-0.4, -0.2) is 24.1 Å². The molecule has 4 aromatic heterocycles. The Hall–Kier alpha value is -1.97. The zero-order valence-electron chi connectivity index (χ0n) is 14.6. The van der Waals surface area contributed by atoms with E-state index in [4.69, 9.17) is 0 Å². The van der Waals surface area contributed by atoms with Crippen molar-refractivity contribution in [2.75, 3.05) is 0 Å². The minimum absolute atomic E-state index is 0.0473. The van der Waals surface area contributed by atoms with Gasteiger partial charge in [-0.05, 0) is 26.3 Å². The van der Waals surface area contributed by atoms with Crippen LogP contribution in [0, 0.1) is 13.8 Å². The van der Waals surface area contributed by atoms with Gasteiger partial charge in [-0.25, -0.2) is 4.98 Å². The summed E-state index contributed by atoms with van der Waals surface area (Å²) in [4.78, 5) is 18.7. The summed E-state index contributed by atoms with van der Waals surface area (Å²) in [5.41, 5.74) is 3.11. The van der Waals surface area contributed by atoms with E-state index in [9.17, 15) is 4.79 Å². The summed E-state index contributed by atoms with van der Waals surface area (Å²) >= 11 is 4.75. The summed E-state index contributed by atoms with van der Waals surface area (Å²) in [6.07, 6.45) is 1.75. The molecule has 0 atom stereocenters. The number of nitrogens with zero attached hydrogens (tertiary/aromatic N) is 5. The van der Waals surface area contributed by atoms with E-state index in [0.29, 0.717) is 5.75 Å². The lowest BCUT2D eigenvalue weighted by Crippen LogP contribution is -2.12. The quantitative estimate of drug-likeness (QED) is 0.471. The van der Waals surface area contributed by atoms with Gasteiger partial charge in [-0.1, -0.05) is 11.8 Å². The minimum Gasteiger partial charge on any atom is -0.302 e. The van der Waals surface area contributed by atoms with Crippen molar-refractivity contribution < 1.29 is 0 Å². The van der Waals surface area contributed by atoms with E-state index in [1.54, 1.807) is 39.8 Å². The van der Waals surface area contributed by atoms with Gasteiger partial charge in [-0.2, -0.15) is 0 Å². The molecule has 0 radical (unpaired) electrons. The maximum absolute atomic E-state index is 12.1. The molecule has 0 saturated heterocycles. The molecule has 4 rings (SSSR count). The Kier molecular flexibility index (Phi) is 4.68. The molecular formula is C17H17N5OS3. The Morgan fingerprint density at radius 1 is 1.23 bits per heavy atom. The Balaban J connectivity index is 1.62. The fourth-order valence-corrected chi connectivity index (χ4v) is 5.21. The van der Waals surface area contributed by atoms with Crippen LogP contribution in [0.25, 0.3) is 16.3 Å². The number of rotatable bonds is 5. The van der Waals surface area contributed by atoms with Gasteiger partial charge in [0.1, 0.15) is 0 Å². The summed E-state index contributed by atoms with van der Waals surface area (Å²) in [7, 11) is 0. The topological polar surface area (TPSA) is 65.1 Å². The lowest BCUT2D eigenvalue weighted by Gasteiger charge is -2.07. The lowest BCUT2D eigenvalue weighted by molar-refractivity contribution is 0.687. The number of hydrogen-bond acceptors (Lipinski definition) is 7. The van der Waals surface area contributed by atoms with Crippen molar-refractivity contribution in [3.63, 3.8) is 0 Å². The van der Waals surface area contributed by atoms with Gasteiger partial charge in [0.2, 0.25) is 0 Å². The van der Waals surface area contributed by atoms with Crippen molar-refractivity contribution in [3.05, 3.63) is 49.5 Å². The Bertz CT molecular complexity index is 1140. The van der Waals surface area contributed by atoms with Crippen LogP contribution in [0.2, 0.25) is 0 Å². The number of thiazole rings is 1. The molecule has 0 saturated carbocycles. The maximum Gasteiger partial charge on any atom is 0.258 e. The van der Waals surface area contributed by atoms with Crippen molar-refractivity contribution in [3.8, 4) is 11.4 Å². The zero-order chi connectivity index (χ0) is 18.3. The van der Waals surface area contributed by atoms with Gasteiger partial charge >= 0.3 is 0 Å². The van der Waals surface area contributed by atoms with Crippen LogP contribution < -0.4 is 5.56 Å². The smallest absolute Gasteiger partial charge is 0.258 e. The van der Waals surface area contributed by atoms with Gasteiger partial charge < -0.3 is 4.57 Å². The molecular weight excluding hydrogens is 386 g/mol. The van der Waals surface area contributed by atoms with E-state index < -0.39 is 0 Å². The van der Waals surface area contributed by atoms with Crippen molar-refractivity contribution in [2.24, 2.45) is 0 Å². The number of thioether (sulfide) groups is 1. The number of hydrogen-bond donors (Lipinski definition) is 0. The molecule has 0 unspecified atom stereocenters. The van der Waals surface area contributed by atoms with Crippen molar-refractivity contribution >= 4 is 39.4 Å². The monoisotopic (exact) mass is 403 g/mol. The van der Waals surface area contributed by atoms with E-state index >= 15 is 0 Å². The fourth-order valence-electron chi connectivity index (χ4n) is 2.71. The molecule has 26 heavy (non-hydrogen) atoms. The van der Waals surface area contributed by atoms with Crippen molar-refractivity contribution in [1.29, 1.82) is 0 Å². The molecule has 0 N–H and O–H groups in total. The predicted octanol–water partition coefficient (Wildman–Crippen LogP) is 4.01. The second-order valence-corrected chi connectivity index (χ2v) is 8.71. The average molecular weight is 404 g/mol. The molecule has 4 heterocycles. The third-order valence-electron chi connectivity index (χ3n) is 4.27. The first-order valence-corrected chi connectivity index (χ1v) is 10.9. The molecule has 0 spiro atoms. The summed E-state index contributed by atoms with van der Waals surface area (Å²) < 4.78 is 3.68. The number of aryl methyl sites for hydroxylation is 1. The first kappa shape index (κ1) is 17.4. The molecule has 0 aromatic carbocycles. The van der Waals surface area contributed by atoms with E-state index in [2.05, 4.69) is 45.9 Å². The van der Waals surface area contributed by atoms with Crippen LogP contribution in [0.5, 0.6) is 0 Å². The Morgan fingerprint density at radius 2 is 2.08 bits per heavy atom. The predicted molar refractivity (Wildman–Crippen MR) is 107 cm³/mol. The normalized spacial score (nSPS) is 11.5. The molecule has 9 heteroatoms. The third-order valence-corrected chi connectivity index (χ3v) is 7.04. The highest BCUT2D eigenvalue weighted by Gasteiger charge is 2.17. The first-order chi connectivity index (χ1) is 12.6. The average Bonchev–Trinajstić information content (AvgIpc) is 3.33. The third kappa shape index (κ3) is 3.00. The summed E-state index contributed by atoms with van der Waals surface area (Å²) in [5, 5.41) is 13.6. The van der Waals surface area contributed by atoms with Crippen LogP contribution in [0.15, 0.2) is 33.0 Å². The molecule has 4 aromatic rings. The highest BCUT2D eigenvalue weighted by molar-refractivity contribution is 7.98. The Morgan fingerprint density at radius 3 is 2.81 bits per heavy atom. The van der Waals surface area contributed by atoms with Crippen LogP contribution >= 0.6 is 34.4 Å². The van der Waals surface area contributed by atoms with E-state index in [1.807, 2.05) is 5.38 Å². The van der Waals surface area contributed by atoms with Gasteiger partial charge in [0.15, 0.2) is 15.9 Å². The van der Waals surface area contributed by atoms with Gasteiger partial charge in [0, 0.05) is 45.8 Å². The number of thiophene rings is 1. The molecule has 0 fully saturated rings. The van der Waals surface area contributed by atoms with Gasteiger partial charge in [0.05, 0.1) is 5.69 Å². The van der Waals surface area contributed by atoms with Gasteiger partial charge in [0.25, 0.3) is 5.56 Å².